The van der Waals surface area contributed by atoms with Gasteiger partial charge in [-0.3, -0.25) is 9.78 Å². The molecule has 0 aliphatic carbocycles. The highest BCUT2D eigenvalue weighted by Crippen LogP contribution is 2.19. The first-order chi connectivity index (χ1) is 9.72. The molecule has 0 aliphatic rings. The Bertz CT molecular complexity index is 751. The van der Waals surface area contributed by atoms with E-state index in [4.69, 9.17) is 5.73 Å². The van der Waals surface area contributed by atoms with Crippen LogP contribution >= 0.6 is 11.3 Å². The lowest BCUT2D eigenvalue weighted by Crippen LogP contribution is -2.11. The van der Waals surface area contributed by atoms with E-state index in [0.717, 1.165) is 11.1 Å². The second-order valence-electron chi connectivity index (χ2n) is 4.30. The second kappa shape index (κ2) is 5.26. The maximum absolute atomic E-state index is 10.9. The normalized spacial score (nSPS) is 10.6. The topological polar surface area (TPSA) is 80.9 Å². The third kappa shape index (κ3) is 2.60. The summed E-state index contributed by atoms with van der Waals surface area (Å²) < 4.78 is 1.17. The highest BCUT2D eigenvalue weighted by Gasteiger charge is 2.02. The van der Waals surface area contributed by atoms with E-state index in [9.17, 15) is 4.79 Å². The molecule has 0 saturated heterocycles. The number of nitrogens with one attached hydrogen (secondary N) is 1. The fourth-order valence-electron chi connectivity index (χ4n) is 1.82. The summed E-state index contributed by atoms with van der Waals surface area (Å²) in [6, 6.07) is 7.49. The van der Waals surface area contributed by atoms with Crippen molar-refractivity contribution in [3.63, 3.8) is 0 Å². The molecule has 20 heavy (non-hydrogen) atoms. The zero-order chi connectivity index (χ0) is 13.9. The molecule has 5 nitrogen and oxygen atoms in total. The van der Waals surface area contributed by atoms with Crippen LogP contribution in [0.1, 0.15) is 15.9 Å². The average Bonchev–Trinajstić information content (AvgIpc) is 2.93. The molecule has 3 aromatic heterocycles. The van der Waals surface area contributed by atoms with Crippen LogP contribution in [-0.2, 0) is 6.54 Å². The molecule has 0 bridgehead atoms. The van der Waals surface area contributed by atoms with Crippen LogP contribution < -0.4 is 11.1 Å². The van der Waals surface area contributed by atoms with Gasteiger partial charge in [0.05, 0.1) is 15.8 Å². The van der Waals surface area contributed by atoms with E-state index in [1.54, 1.807) is 23.5 Å². The van der Waals surface area contributed by atoms with E-state index >= 15 is 0 Å². The number of primary amides is 1. The predicted octanol–water partition coefficient (Wildman–Crippen LogP) is 2.40. The van der Waals surface area contributed by atoms with Crippen molar-refractivity contribution in [2.24, 2.45) is 5.73 Å². The van der Waals surface area contributed by atoms with Crippen molar-refractivity contribution in [3.8, 4) is 0 Å². The van der Waals surface area contributed by atoms with Crippen molar-refractivity contribution in [2.75, 3.05) is 5.32 Å². The number of nitrogens with two attached hydrogens (primary N) is 1. The van der Waals surface area contributed by atoms with Gasteiger partial charge in [0.15, 0.2) is 0 Å². The van der Waals surface area contributed by atoms with Crippen LogP contribution in [0.4, 0.5) is 5.82 Å². The zero-order valence-electron chi connectivity index (χ0n) is 10.5. The summed E-state index contributed by atoms with van der Waals surface area (Å²) in [5, 5.41) is 5.21. The number of carbonyl (C=O) groups excluding carboxylic acids is 1. The molecule has 100 valence electrons. The van der Waals surface area contributed by atoms with Crippen molar-refractivity contribution >= 4 is 33.3 Å². The SMILES string of the molecule is NC(=O)c1ccc(NCc2cnc3ccsc3c2)nc1. The maximum Gasteiger partial charge on any atom is 0.250 e. The Morgan fingerprint density at radius 2 is 2.15 bits per heavy atom. The molecule has 6 heteroatoms. The number of fused-ring (bicyclic) bond motifs is 1. The van der Waals surface area contributed by atoms with Crippen molar-refractivity contribution < 1.29 is 4.79 Å². The number of hydrogen-bond acceptors (Lipinski definition) is 5. The zero-order valence-corrected chi connectivity index (χ0v) is 11.4. The molecule has 0 unspecified atom stereocenters. The standard InChI is InChI=1S/C14H12N4OS/c15-14(19)10-1-2-13(18-8-10)17-7-9-5-12-11(16-6-9)3-4-20-12/h1-6,8H,7H2,(H2,15,19)(H,17,18). The predicted molar refractivity (Wildman–Crippen MR) is 79.7 cm³/mol. The van der Waals surface area contributed by atoms with Gasteiger partial charge < -0.3 is 11.1 Å². The van der Waals surface area contributed by atoms with E-state index in [-0.39, 0.29) is 0 Å². The monoisotopic (exact) mass is 284 g/mol. The van der Waals surface area contributed by atoms with Crippen LogP contribution in [0.15, 0.2) is 42.0 Å². The molecule has 0 spiro atoms. The van der Waals surface area contributed by atoms with E-state index < -0.39 is 5.91 Å². The molecule has 3 aromatic rings. The third-order valence-electron chi connectivity index (χ3n) is 2.88. The molecule has 1 amide bonds. The minimum atomic E-state index is -0.476. The molecular formula is C14H12N4OS. The van der Waals surface area contributed by atoms with Gasteiger partial charge >= 0.3 is 0 Å². The quantitative estimate of drug-likeness (QED) is 0.771. The number of hydrogen-bond donors (Lipinski definition) is 2. The fraction of sp³-hybridized carbons (Fsp3) is 0.0714. The van der Waals surface area contributed by atoms with Crippen molar-refractivity contribution in [3.05, 3.63) is 53.2 Å². The summed E-state index contributed by atoms with van der Waals surface area (Å²) in [5.41, 5.74) is 7.67. The number of carbonyl (C=O) groups is 1. The molecule has 0 saturated carbocycles. The number of anilines is 1. The van der Waals surface area contributed by atoms with Crippen molar-refractivity contribution in [1.29, 1.82) is 0 Å². The summed E-state index contributed by atoms with van der Waals surface area (Å²) in [5.74, 6) is 0.220. The van der Waals surface area contributed by atoms with Gasteiger partial charge in [-0.1, -0.05) is 0 Å². The van der Waals surface area contributed by atoms with Crippen molar-refractivity contribution in [1.82, 2.24) is 9.97 Å². The van der Waals surface area contributed by atoms with Gasteiger partial charge in [-0.25, -0.2) is 4.98 Å². The number of aromatic nitrogens is 2. The first kappa shape index (κ1) is 12.6. The van der Waals surface area contributed by atoms with Gasteiger partial charge in [-0.05, 0) is 35.2 Å². The van der Waals surface area contributed by atoms with Gasteiger partial charge in [0.2, 0.25) is 5.91 Å². The Balaban J connectivity index is 1.70. The van der Waals surface area contributed by atoms with E-state index in [2.05, 4.69) is 21.4 Å². The number of rotatable bonds is 4. The summed E-state index contributed by atoms with van der Waals surface area (Å²) in [6.07, 6.45) is 3.31. The molecular weight excluding hydrogens is 272 g/mol. The Hall–Kier alpha value is -2.47. The smallest absolute Gasteiger partial charge is 0.250 e. The van der Waals surface area contributed by atoms with Gasteiger partial charge in [0.1, 0.15) is 5.82 Å². The van der Waals surface area contributed by atoms with Crippen LogP contribution in [0.5, 0.6) is 0 Å². The summed E-state index contributed by atoms with van der Waals surface area (Å²) in [6.45, 7) is 0.629. The van der Waals surface area contributed by atoms with E-state index in [1.807, 2.05) is 17.6 Å². The lowest BCUT2D eigenvalue weighted by atomic mass is 10.2. The van der Waals surface area contributed by atoms with Gasteiger partial charge in [0, 0.05) is 18.9 Å². The Labute approximate surface area is 119 Å². The largest absolute Gasteiger partial charge is 0.366 e. The molecule has 0 fully saturated rings. The molecule has 3 heterocycles. The van der Waals surface area contributed by atoms with Crippen molar-refractivity contribution in [2.45, 2.75) is 6.54 Å². The molecule has 0 radical (unpaired) electrons. The highest BCUT2D eigenvalue weighted by atomic mass is 32.1. The number of thiophene rings is 1. The van der Waals surface area contributed by atoms with Gasteiger partial charge in [-0.15, -0.1) is 11.3 Å². The van der Waals surface area contributed by atoms with Gasteiger partial charge in [-0.2, -0.15) is 0 Å². The Kier molecular flexibility index (Phi) is 3.30. The van der Waals surface area contributed by atoms with E-state index in [0.29, 0.717) is 17.9 Å². The summed E-state index contributed by atoms with van der Waals surface area (Å²) in [7, 11) is 0. The Morgan fingerprint density at radius 1 is 1.25 bits per heavy atom. The van der Waals surface area contributed by atoms with Gasteiger partial charge in [0.25, 0.3) is 0 Å². The minimum Gasteiger partial charge on any atom is -0.366 e. The molecule has 3 N–H and O–H groups in total. The third-order valence-corrected chi connectivity index (χ3v) is 3.73. The van der Waals surface area contributed by atoms with Crippen LogP contribution in [0.2, 0.25) is 0 Å². The second-order valence-corrected chi connectivity index (χ2v) is 5.25. The molecule has 0 aromatic carbocycles. The van der Waals surface area contributed by atoms with Crippen LogP contribution in [0.3, 0.4) is 0 Å². The molecule has 0 atom stereocenters. The average molecular weight is 284 g/mol. The van der Waals surface area contributed by atoms with E-state index in [1.165, 1.54) is 10.9 Å². The molecule has 0 aliphatic heterocycles. The summed E-state index contributed by atoms with van der Waals surface area (Å²) >= 11 is 1.67. The number of amides is 1. The number of nitrogens with zero attached hydrogens (tertiary/aromatic N) is 2. The maximum atomic E-state index is 10.9. The van der Waals surface area contributed by atoms with Crippen LogP contribution in [0.25, 0.3) is 10.2 Å². The minimum absolute atomic E-state index is 0.400. The first-order valence-electron chi connectivity index (χ1n) is 6.04. The lowest BCUT2D eigenvalue weighted by molar-refractivity contribution is 0.1000. The van der Waals surface area contributed by atoms with Crippen LogP contribution in [-0.4, -0.2) is 15.9 Å². The van der Waals surface area contributed by atoms with Crippen LogP contribution in [0, 0.1) is 0 Å². The fourth-order valence-corrected chi connectivity index (χ4v) is 2.62. The summed E-state index contributed by atoms with van der Waals surface area (Å²) in [4.78, 5) is 19.5. The Morgan fingerprint density at radius 3 is 2.90 bits per heavy atom. The lowest BCUT2D eigenvalue weighted by Gasteiger charge is -2.05. The number of pyridine rings is 2. The highest BCUT2D eigenvalue weighted by molar-refractivity contribution is 7.17. The molecule has 3 rings (SSSR count). The first-order valence-corrected chi connectivity index (χ1v) is 6.92.